The van der Waals surface area contributed by atoms with Crippen molar-refractivity contribution in [2.75, 3.05) is 0 Å². The molecule has 2 heteroatoms. The van der Waals surface area contributed by atoms with Crippen LogP contribution in [0.1, 0.15) is 25.7 Å². The Kier molecular flexibility index (Phi) is 0.686. The second kappa shape index (κ2) is 1.25. The van der Waals surface area contributed by atoms with E-state index in [0.29, 0.717) is 10.8 Å². The molecule has 0 N–H and O–H groups in total. The molecule has 3 aliphatic rings. The predicted molar refractivity (Wildman–Crippen MR) is 40.3 cm³/mol. The lowest BCUT2D eigenvalue weighted by Gasteiger charge is -1.79. The smallest absolute Gasteiger partial charge is 0.133 e. The molecular weight excluding hydrogens is 142 g/mol. The zero-order valence-electron chi connectivity index (χ0n) is 5.76. The van der Waals surface area contributed by atoms with Crippen LogP contribution in [0.5, 0.6) is 0 Å². The van der Waals surface area contributed by atoms with E-state index in [1.807, 2.05) is 0 Å². The van der Waals surface area contributed by atoms with E-state index in [4.69, 9.17) is 5.26 Å². The third-order valence-corrected chi connectivity index (χ3v) is 4.90. The van der Waals surface area contributed by atoms with Crippen LogP contribution in [0.25, 0.3) is 0 Å². The maximum Gasteiger partial charge on any atom is 0.133 e. The van der Waals surface area contributed by atoms with Gasteiger partial charge in [-0.1, -0.05) is 0 Å². The SMILES string of the molecule is N#CSC1C2(CC2)C12CC2. The summed E-state index contributed by atoms with van der Waals surface area (Å²) in [6.07, 6.45) is 5.69. The Bertz CT molecular complexity index is 214. The van der Waals surface area contributed by atoms with E-state index in [1.54, 1.807) is 11.8 Å². The molecular formula is C8H9NS. The van der Waals surface area contributed by atoms with Crippen molar-refractivity contribution in [2.24, 2.45) is 10.8 Å². The van der Waals surface area contributed by atoms with Gasteiger partial charge in [0, 0.05) is 5.25 Å². The van der Waals surface area contributed by atoms with Crippen LogP contribution in [0.3, 0.4) is 0 Å². The summed E-state index contributed by atoms with van der Waals surface area (Å²) in [7, 11) is 0. The first-order valence-corrected chi connectivity index (χ1v) is 4.78. The fourth-order valence-corrected chi connectivity index (χ4v) is 4.19. The van der Waals surface area contributed by atoms with Crippen LogP contribution in [0, 0.1) is 21.5 Å². The molecule has 0 heterocycles. The minimum absolute atomic E-state index is 0.716. The van der Waals surface area contributed by atoms with Gasteiger partial charge in [0.1, 0.15) is 5.40 Å². The quantitative estimate of drug-likeness (QED) is 0.536. The molecule has 0 amide bonds. The average Bonchev–Trinajstić information content (AvgIpc) is 2.78. The molecule has 0 aliphatic heterocycles. The molecule has 3 rings (SSSR count). The topological polar surface area (TPSA) is 23.8 Å². The van der Waals surface area contributed by atoms with Gasteiger partial charge < -0.3 is 0 Å². The van der Waals surface area contributed by atoms with Crippen molar-refractivity contribution in [3.05, 3.63) is 0 Å². The van der Waals surface area contributed by atoms with E-state index in [9.17, 15) is 0 Å². The number of fused-ring (bicyclic) bond motifs is 1. The molecule has 0 saturated heterocycles. The van der Waals surface area contributed by atoms with Crippen LogP contribution < -0.4 is 0 Å². The maximum atomic E-state index is 8.51. The van der Waals surface area contributed by atoms with E-state index in [1.165, 1.54) is 25.7 Å². The van der Waals surface area contributed by atoms with Crippen molar-refractivity contribution < 1.29 is 0 Å². The van der Waals surface area contributed by atoms with E-state index >= 15 is 0 Å². The van der Waals surface area contributed by atoms with E-state index in [0.717, 1.165) is 5.25 Å². The third-order valence-electron chi connectivity index (χ3n) is 3.66. The number of nitrogens with zero attached hydrogens (tertiary/aromatic N) is 1. The number of rotatable bonds is 1. The third kappa shape index (κ3) is 0.362. The molecule has 0 aromatic carbocycles. The van der Waals surface area contributed by atoms with Gasteiger partial charge in [0.2, 0.25) is 0 Å². The number of hydrogen-bond donors (Lipinski definition) is 0. The van der Waals surface area contributed by atoms with E-state index < -0.39 is 0 Å². The van der Waals surface area contributed by atoms with Crippen molar-refractivity contribution in [3.8, 4) is 5.40 Å². The Morgan fingerprint density at radius 1 is 1.20 bits per heavy atom. The zero-order valence-corrected chi connectivity index (χ0v) is 6.58. The number of nitriles is 1. The summed E-state index contributed by atoms with van der Waals surface area (Å²) in [6, 6.07) is 0. The van der Waals surface area contributed by atoms with Gasteiger partial charge in [0.15, 0.2) is 0 Å². The normalized spacial score (nSPS) is 41.3. The largest absolute Gasteiger partial charge is 0.185 e. The number of thiocyanates is 1. The summed E-state index contributed by atoms with van der Waals surface area (Å²) >= 11 is 1.54. The lowest BCUT2D eigenvalue weighted by Crippen LogP contribution is -1.75. The van der Waals surface area contributed by atoms with Gasteiger partial charge in [-0.2, -0.15) is 5.26 Å². The summed E-state index contributed by atoms with van der Waals surface area (Å²) < 4.78 is 0. The molecule has 3 saturated carbocycles. The maximum absolute atomic E-state index is 8.51. The van der Waals surface area contributed by atoms with Crippen LogP contribution in [0.4, 0.5) is 0 Å². The van der Waals surface area contributed by atoms with Crippen molar-refractivity contribution in [1.82, 2.24) is 0 Å². The molecule has 0 unspecified atom stereocenters. The average molecular weight is 151 g/mol. The van der Waals surface area contributed by atoms with Gasteiger partial charge in [-0.15, -0.1) is 0 Å². The Morgan fingerprint density at radius 3 is 2.00 bits per heavy atom. The standard InChI is InChI=1S/C8H9NS/c9-5-10-6-7(1-2-7)8(6)3-4-8/h6H,1-4H2. The van der Waals surface area contributed by atoms with Crippen LogP contribution in [-0.2, 0) is 0 Å². The Hall–Kier alpha value is -0.160. The monoisotopic (exact) mass is 151 g/mol. The summed E-state index contributed by atoms with van der Waals surface area (Å²) in [5, 5.41) is 11.5. The second-order valence-corrected chi connectivity index (χ2v) is 4.79. The van der Waals surface area contributed by atoms with Crippen LogP contribution in [0.2, 0.25) is 0 Å². The molecule has 3 fully saturated rings. The van der Waals surface area contributed by atoms with E-state index in [-0.39, 0.29) is 0 Å². The Balaban J connectivity index is 1.86. The molecule has 2 spiro atoms. The highest BCUT2D eigenvalue weighted by atomic mass is 32.2. The first-order chi connectivity index (χ1) is 4.86. The summed E-state index contributed by atoms with van der Waals surface area (Å²) in [5.74, 6) is 0. The van der Waals surface area contributed by atoms with E-state index in [2.05, 4.69) is 5.40 Å². The van der Waals surface area contributed by atoms with Gasteiger partial charge in [-0.3, -0.25) is 0 Å². The van der Waals surface area contributed by atoms with Crippen molar-refractivity contribution in [1.29, 1.82) is 5.26 Å². The summed E-state index contributed by atoms with van der Waals surface area (Å²) in [6.45, 7) is 0. The highest BCUT2D eigenvalue weighted by Gasteiger charge is 2.87. The molecule has 0 aromatic heterocycles. The molecule has 1 nitrogen and oxygen atoms in total. The van der Waals surface area contributed by atoms with Gasteiger partial charge >= 0.3 is 0 Å². The Morgan fingerprint density at radius 2 is 1.70 bits per heavy atom. The number of thioether (sulfide) groups is 1. The molecule has 10 heavy (non-hydrogen) atoms. The summed E-state index contributed by atoms with van der Waals surface area (Å²) in [4.78, 5) is 0. The predicted octanol–water partition coefficient (Wildman–Crippen LogP) is 2.14. The fourth-order valence-electron chi connectivity index (χ4n) is 2.76. The molecule has 52 valence electrons. The first-order valence-electron chi connectivity index (χ1n) is 3.90. The van der Waals surface area contributed by atoms with Crippen LogP contribution in [0.15, 0.2) is 0 Å². The molecule has 0 bridgehead atoms. The minimum Gasteiger partial charge on any atom is -0.185 e. The number of hydrogen-bond acceptors (Lipinski definition) is 2. The lowest BCUT2D eigenvalue weighted by atomic mass is 10.3. The molecule has 3 aliphatic carbocycles. The minimum atomic E-state index is 0.716. The van der Waals surface area contributed by atoms with Crippen molar-refractivity contribution >= 4 is 11.8 Å². The molecule has 0 radical (unpaired) electrons. The highest BCUT2D eigenvalue weighted by Crippen LogP contribution is 2.91. The van der Waals surface area contributed by atoms with Crippen LogP contribution >= 0.6 is 11.8 Å². The summed E-state index contributed by atoms with van der Waals surface area (Å²) in [5.41, 5.74) is 1.43. The van der Waals surface area contributed by atoms with Crippen molar-refractivity contribution in [3.63, 3.8) is 0 Å². The highest BCUT2D eigenvalue weighted by molar-refractivity contribution is 8.04. The lowest BCUT2D eigenvalue weighted by molar-refractivity contribution is 0.716. The zero-order chi connectivity index (χ0) is 6.82. The second-order valence-electron chi connectivity index (χ2n) is 3.90. The molecule has 0 aromatic rings. The van der Waals surface area contributed by atoms with Crippen molar-refractivity contribution in [2.45, 2.75) is 30.9 Å². The van der Waals surface area contributed by atoms with Gasteiger partial charge in [0.25, 0.3) is 0 Å². The van der Waals surface area contributed by atoms with Gasteiger partial charge in [0.05, 0.1) is 0 Å². The van der Waals surface area contributed by atoms with Gasteiger partial charge in [-0.05, 0) is 48.3 Å². The fraction of sp³-hybridized carbons (Fsp3) is 0.875. The molecule has 0 atom stereocenters. The van der Waals surface area contributed by atoms with Gasteiger partial charge in [-0.25, -0.2) is 0 Å². The van der Waals surface area contributed by atoms with Crippen LogP contribution in [-0.4, -0.2) is 5.25 Å². The Labute approximate surface area is 64.8 Å². The first kappa shape index (κ1) is 5.49.